The molecule has 0 aliphatic heterocycles. The van der Waals surface area contributed by atoms with E-state index in [1.807, 2.05) is 6.07 Å². The average Bonchev–Trinajstić information content (AvgIpc) is 2.75. The first-order valence-corrected chi connectivity index (χ1v) is 8.23. The Morgan fingerprint density at radius 1 is 1.43 bits per heavy atom. The third kappa shape index (κ3) is 2.72. The Morgan fingerprint density at radius 3 is 2.62 bits per heavy atom. The molecule has 1 aromatic carbocycles. The van der Waals surface area contributed by atoms with Crippen LogP contribution in [0.25, 0.3) is 11.1 Å². The molecule has 0 aliphatic carbocycles. The van der Waals surface area contributed by atoms with Gasteiger partial charge in [-0.15, -0.1) is 11.3 Å². The lowest BCUT2D eigenvalue weighted by molar-refractivity contribution is -0.384. The number of non-ortho nitro benzene ring substituents is 1. The molecule has 0 spiro atoms. The molecule has 0 bridgehead atoms. The minimum Gasteiger partial charge on any atom is -0.389 e. The first-order chi connectivity index (χ1) is 9.75. The number of hydrogen-bond donors (Lipinski definition) is 1. The van der Waals surface area contributed by atoms with Crippen LogP contribution in [0, 0.1) is 21.4 Å². The van der Waals surface area contributed by atoms with Gasteiger partial charge in [-0.25, -0.2) is 8.42 Å². The Bertz CT molecular complexity index is 878. The number of nitrogen functional groups attached to an aromatic ring is 1. The van der Waals surface area contributed by atoms with Crippen molar-refractivity contribution in [2.45, 2.75) is 4.21 Å². The maximum atomic E-state index is 11.8. The van der Waals surface area contributed by atoms with Crippen molar-refractivity contribution in [1.29, 1.82) is 5.26 Å². The number of sulfone groups is 1. The van der Waals surface area contributed by atoms with Gasteiger partial charge in [0.05, 0.1) is 10.5 Å². The maximum absolute atomic E-state index is 11.8. The summed E-state index contributed by atoms with van der Waals surface area (Å²) in [7, 11) is -3.61. The predicted molar refractivity (Wildman–Crippen MR) is 78.6 cm³/mol. The quantitative estimate of drug-likeness (QED) is 0.681. The van der Waals surface area contributed by atoms with Gasteiger partial charge in [-0.2, -0.15) is 5.26 Å². The molecular formula is C12H9N3O4S2. The van der Waals surface area contributed by atoms with E-state index in [1.165, 1.54) is 24.3 Å². The predicted octanol–water partition coefficient (Wildman–Crippen LogP) is 2.18. The lowest BCUT2D eigenvalue weighted by Crippen LogP contribution is -1.97. The molecule has 0 fully saturated rings. The Labute approximate surface area is 124 Å². The fourth-order valence-electron chi connectivity index (χ4n) is 1.84. The van der Waals surface area contributed by atoms with E-state index in [4.69, 9.17) is 11.0 Å². The van der Waals surface area contributed by atoms with Crippen molar-refractivity contribution in [1.82, 2.24) is 0 Å². The summed E-state index contributed by atoms with van der Waals surface area (Å²) in [6.07, 6.45) is 1.00. The van der Waals surface area contributed by atoms with Crippen molar-refractivity contribution in [2.75, 3.05) is 12.0 Å². The normalized spacial score (nSPS) is 11.0. The highest BCUT2D eigenvalue weighted by Crippen LogP contribution is 2.41. The smallest absolute Gasteiger partial charge is 0.270 e. The van der Waals surface area contributed by atoms with Crippen molar-refractivity contribution in [3.8, 4) is 17.2 Å². The highest BCUT2D eigenvalue weighted by Gasteiger charge is 2.25. The number of anilines is 1. The van der Waals surface area contributed by atoms with E-state index in [9.17, 15) is 18.5 Å². The van der Waals surface area contributed by atoms with Gasteiger partial charge in [-0.3, -0.25) is 10.1 Å². The minimum absolute atomic E-state index is 0.0147. The third-order valence-corrected chi connectivity index (χ3v) is 5.55. The van der Waals surface area contributed by atoms with Crippen LogP contribution in [0.3, 0.4) is 0 Å². The fourth-order valence-corrected chi connectivity index (χ4v) is 4.07. The van der Waals surface area contributed by atoms with Gasteiger partial charge in [0.2, 0.25) is 0 Å². The van der Waals surface area contributed by atoms with Gasteiger partial charge in [-0.05, 0) is 5.56 Å². The van der Waals surface area contributed by atoms with Crippen LogP contribution in [0.2, 0.25) is 0 Å². The second-order valence-electron chi connectivity index (χ2n) is 4.20. The van der Waals surface area contributed by atoms with Crippen LogP contribution in [-0.2, 0) is 9.84 Å². The molecule has 9 heteroatoms. The molecule has 0 amide bonds. The molecule has 0 unspecified atom stereocenters. The summed E-state index contributed by atoms with van der Waals surface area (Å²) >= 11 is 0.779. The monoisotopic (exact) mass is 323 g/mol. The Morgan fingerprint density at radius 2 is 2.10 bits per heavy atom. The second kappa shape index (κ2) is 5.16. The van der Waals surface area contributed by atoms with Gasteiger partial charge in [0.25, 0.3) is 5.69 Å². The van der Waals surface area contributed by atoms with E-state index in [0.717, 1.165) is 17.6 Å². The number of nitrogens with two attached hydrogens (primary N) is 1. The first kappa shape index (κ1) is 15.0. The Balaban J connectivity index is 2.83. The lowest BCUT2D eigenvalue weighted by atomic mass is 10.0. The standard InChI is InChI=1S/C12H9N3O4S2/c1-21(18,19)12-10(9(6-13)11(14)20-12)7-3-2-4-8(5-7)15(16)17/h2-5H,14H2,1H3. The zero-order chi connectivity index (χ0) is 15.8. The molecule has 0 saturated heterocycles. The first-order valence-electron chi connectivity index (χ1n) is 5.53. The van der Waals surface area contributed by atoms with Gasteiger partial charge >= 0.3 is 0 Å². The lowest BCUT2D eigenvalue weighted by Gasteiger charge is -2.03. The van der Waals surface area contributed by atoms with E-state index in [1.54, 1.807) is 0 Å². The molecule has 0 aliphatic rings. The van der Waals surface area contributed by atoms with Crippen LogP contribution in [0.5, 0.6) is 0 Å². The number of nitro benzene ring substituents is 1. The molecule has 108 valence electrons. The molecule has 1 heterocycles. The van der Waals surface area contributed by atoms with Crippen LogP contribution in [-0.4, -0.2) is 19.6 Å². The van der Waals surface area contributed by atoms with E-state index >= 15 is 0 Å². The van der Waals surface area contributed by atoms with Gasteiger partial charge < -0.3 is 5.73 Å². The van der Waals surface area contributed by atoms with E-state index in [-0.39, 0.29) is 31.6 Å². The maximum Gasteiger partial charge on any atom is 0.270 e. The summed E-state index contributed by atoms with van der Waals surface area (Å²) < 4.78 is 23.6. The van der Waals surface area contributed by atoms with Crippen LogP contribution < -0.4 is 5.73 Å². The summed E-state index contributed by atoms with van der Waals surface area (Å²) in [6, 6.07) is 7.29. The topological polar surface area (TPSA) is 127 Å². The van der Waals surface area contributed by atoms with Gasteiger partial charge in [-0.1, -0.05) is 12.1 Å². The zero-order valence-corrected chi connectivity index (χ0v) is 12.4. The van der Waals surface area contributed by atoms with Crippen LogP contribution >= 0.6 is 11.3 Å². The highest BCUT2D eigenvalue weighted by atomic mass is 32.2. The van der Waals surface area contributed by atoms with Crippen LogP contribution in [0.15, 0.2) is 28.5 Å². The molecule has 0 saturated carbocycles. The van der Waals surface area contributed by atoms with Crippen LogP contribution in [0.4, 0.5) is 10.7 Å². The summed E-state index contributed by atoms with van der Waals surface area (Å²) in [5.41, 5.74) is 5.89. The van der Waals surface area contributed by atoms with Gasteiger partial charge in [0.1, 0.15) is 15.3 Å². The molecule has 0 radical (unpaired) electrons. The molecule has 2 rings (SSSR count). The van der Waals surface area contributed by atoms with Gasteiger partial charge in [0, 0.05) is 24.0 Å². The number of nitro groups is 1. The van der Waals surface area contributed by atoms with Crippen molar-refractivity contribution in [2.24, 2.45) is 0 Å². The molecule has 0 atom stereocenters. The number of benzene rings is 1. The summed E-state index contributed by atoms with van der Waals surface area (Å²) in [4.78, 5) is 10.2. The van der Waals surface area contributed by atoms with Crippen molar-refractivity contribution < 1.29 is 13.3 Å². The minimum atomic E-state index is -3.61. The molecule has 2 aromatic rings. The number of nitrogens with zero attached hydrogens (tertiary/aromatic N) is 2. The van der Waals surface area contributed by atoms with E-state index in [2.05, 4.69) is 0 Å². The SMILES string of the molecule is CS(=O)(=O)c1sc(N)c(C#N)c1-c1cccc([N+](=O)[O-])c1. The van der Waals surface area contributed by atoms with Crippen LogP contribution in [0.1, 0.15) is 5.56 Å². The Hall–Kier alpha value is -2.44. The number of hydrogen-bond acceptors (Lipinski definition) is 7. The fraction of sp³-hybridized carbons (Fsp3) is 0.0833. The number of rotatable bonds is 3. The van der Waals surface area contributed by atoms with Crippen molar-refractivity contribution >= 4 is 31.9 Å². The van der Waals surface area contributed by atoms with Gasteiger partial charge in [0.15, 0.2) is 9.84 Å². The highest BCUT2D eigenvalue weighted by molar-refractivity contribution is 7.93. The summed E-state index contributed by atoms with van der Waals surface area (Å²) in [5.74, 6) is 0. The summed E-state index contributed by atoms with van der Waals surface area (Å²) in [6.45, 7) is 0. The number of thiophene rings is 1. The molecule has 2 N–H and O–H groups in total. The largest absolute Gasteiger partial charge is 0.389 e. The molecular weight excluding hydrogens is 314 g/mol. The Kier molecular flexibility index (Phi) is 3.67. The summed E-state index contributed by atoms with van der Waals surface area (Å²) in [5, 5.41) is 20.1. The molecule has 1 aromatic heterocycles. The zero-order valence-electron chi connectivity index (χ0n) is 10.7. The molecule has 7 nitrogen and oxygen atoms in total. The van der Waals surface area contributed by atoms with Crippen molar-refractivity contribution in [3.63, 3.8) is 0 Å². The van der Waals surface area contributed by atoms with E-state index in [0.29, 0.717) is 0 Å². The second-order valence-corrected chi connectivity index (χ2v) is 7.46. The average molecular weight is 323 g/mol. The third-order valence-electron chi connectivity index (χ3n) is 2.70. The number of nitriles is 1. The van der Waals surface area contributed by atoms with Crippen molar-refractivity contribution in [3.05, 3.63) is 39.9 Å². The van der Waals surface area contributed by atoms with E-state index < -0.39 is 14.8 Å². The molecule has 21 heavy (non-hydrogen) atoms.